The highest BCUT2D eigenvalue weighted by Crippen LogP contribution is 2.16. The lowest BCUT2D eigenvalue weighted by atomic mass is 10.3. The van der Waals surface area contributed by atoms with Gasteiger partial charge in [-0.25, -0.2) is 4.98 Å². The van der Waals surface area contributed by atoms with Crippen LogP contribution in [0.5, 0.6) is 0 Å². The van der Waals surface area contributed by atoms with E-state index in [0.29, 0.717) is 0 Å². The normalized spacial score (nSPS) is 10.9. The second kappa shape index (κ2) is 4.80. The highest BCUT2D eigenvalue weighted by Gasteiger charge is 2.05. The van der Waals surface area contributed by atoms with E-state index in [1.54, 1.807) is 17.6 Å². The summed E-state index contributed by atoms with van der Waals surface area (Å²) in [7, 11) is 0. The predicted octanol–water partition coefficient (Wildman–Crippen LogP) is 2.95. The molecule has 0 atom stereocenters. The summed E-state index contributed by atoms with van der Waals surface area (Å²) in [5.41, 5.74) is 2.34. The number of thiazole rings is 1. The van der Waals surface area contributed by atoms with Crippen molar-refractivity contribution < 1.29 is 4.42 Å². The fourth-order valence-electron chi connectivity index (χ4n) is 1.62. The number of nitrogens with zero attached hydrogens (tertiary/aromatic N) is 1. The van der Waals surface area contributed by atoms with E-state index in [1.165, 1.54) is 10.4 Å². The molecular formula is C12H16N2OS. The number of hydrogen-bond acceptors (Lipinski definition) is 4. The number of nitrogens with one attached hydrogen (secondary N) is 1. The summed E-state index contributed by atoms with van der Waals surface area (Å²) in [4.78, 5) is 5.77. The first-order valence-corrected chi connectivity index (χ1v) is 6.15. The van der Waals surface area contributed by atoms with Crippen molar-refractivity contribution in [3.63, 3.8) is 0 Å². The molecule has 2 aromatic heterocycles. The Morgan fingerprint density at radius 3 is 2.69 bits per heavy atom. The van der Waals surface area contributed by atoms with Crippen LogP contribution in [0.4, 0.5) is 0 Å². The Bertz CT molecular complexity index is 473. The minimum Gasteiger partial charge on any atom is -0.468 e. The van der Waals surface area contributed by atoms with Gasteiger partial charge in [0.2, 0.25) is 0 Å². The molecule has 2 heterocycles. The quantitative estimate of drug-likeness (QED) is 0.887. The summed E-state index contributed by atoms with van der Waals surface area (Å²) >= 11 is 1.75. The van der Waals surface area contributed by atoms with Gasteiger partial charge >= 0.3 is 0 Å². The van der Waals surface area contributed by atoms with Gasteiger partial charge in [0.1, 0.15) is 5.76 Å². The number of rotatable bonds is 4. The predicted molar refractivity (Wildman–Crippen MR) is 65.6 cm³/mol. The minimum absolute atomic E-state index is 0.759. The third-order valence-corrected chi connectivity index (χ3v) is 3.47. The molecule has 3 nitrogen and oxygen atoms in total. The summed E-state index contributed by atoms with van der Waals surface area (Å²) in [6, 6.07) is 1.98. The molecule has 86 valence electrons. The van der Waals surface area contributed by atoms with Gasteiger partial charge in [0, 0.05) is 11.4 Å². The molecule has 0 saturated carbocycles. The first-order valence-electron chi connectivity index (χ1n) is 5.33. The monoisotopic (exact) mass is 236 g/mol. The van der Waals surface area contributed by atoms with E-state index in [9.17, 15) is 0 Å². The van der Waals surface area contributed by atoms with Gasteiger partial charge in [-0.1, -0.05) is 0 Å². The van der Waals surface area contributed by atoms with Gasteiger partial charge in [0.25, 0.3) is 0 Å². The number of furan rings is 1. The highest BCUT2D eigenvalue weighted by molar-refractivity contribution is 7.11. The molecule has 0 aliphatic rings. The van der Waals surface area contributed by atoms with Crippen LogP contribution in [0.2, 0.25) is 0 Å². The standard InChI is InChI=1S/C12H16N2OS/c1-8-4-5-15-12(8)7-13-6-11-9(2)16-10(3)14-11/h4-5,13H,6-7H2,1-3H3. The molecule has 0 fully saturated rings. The lowest BCUT2D eigenvalue weighted by Gasteiger charge is -2.02. The number of aryl methyl sites for hydroxylation is 3. The summed E-state index contributed by atoms with van der Waals surface area (Å²) in [6.07, 6.45) is 1.73. The average Bonchev–Trinajstić information content (AvgIpc) is 2.75. The van der Waals surface area contributed by atoms with Crippen LogP contribution in [0.3, 0.4) is 0 Å². The lowest BCUT2D eigenvalue weighted by molar-refractivity contribution is 0.479. The second-order valence-electron chi connectivity index (χ2n) is 3.87. The molecule has 0 amide bonds. The van der Waals surface area contributed by atoms with Gasteiger partial charge in [0.15, 0.2) is 0 Å². The van der Waals surface area contributed by atoms with Crippen LogP contribution >= 0.6 is 11.3 Å². The van der Waals surface area contributed by atoms with Gasteiger partial charge in [-0.15, -0.1) is 11.3 Å². The van der Waals surface area contributed by atoms with E-state index >= 15 is 0 Å². The average molecular weight is 236 g/mol. The molecule has 0 spiro atoms. The first-order chi connectivity index (χ1) is 7.66. The Balaban J connectivity index is 1.89. The topological polar surface area (TPSA) is 38.1 Å². The summed E-state index contributed by atoms with van der Waals surface area (Å²) in [6.45, 7) is 7.77. The lowest BCUT2D eigenvalue weighted by Crippen LogP contribution is -2.13. The molecule has 0 aliphatic heterocycles. The van der Waals surface area contributed by atoms with Gasteiger partial charge in [0.05, 0.1) is 23.5 Å². The summed E-state index contributed by atoms with van der Waals surface area (Å²) in [5.74, 6) is 1.00. The van der Waals surface area contributed by atoms with E-state index in [4.69, 9.17) is 4.42 Å². The Kier molecular flexibility index (Phi) is 3.41. The molecule has 0 aromatic carbocycles. The molecule has 2 aromatic rings. The second-order valence-corrected chi connectivity index (χ2v) is 5.27. The minimum atomic E-state index is 0.759. The third-order valence-electron chi connectivity index (χ3n) is 2.55. The van der Waals surface area contributed by atoms with Crippen LogP contribution in [0.1, 0.15) is 26.9 Å². The Labute approximate surface area is 99.5 Å². The van der Waals surface area contributed by atoms with Gasteiger partial charge in [-0.3, -0.25) is 0 Å². The van der Waals surface area contributed by atoms with Crippen LogP contribution in [-0.2, 0) is 13.1 Å². The van der Waals surface area contributed by atoms with Crippen LogP contribution in [0.25, 0.3) is 0 Å². The number of aromatic nitrogens is 1. The van der Waals surface area contributed by atoms with Gasteiger partial charge in [-0.05, 0) is 32.4 Å². The van der Waals surface area contributed by atoms with Crippen molar-refractivity contribution in [3.05, 3.63) is 39.2 Å². The van der Waals surface area contributed by atoms with E-state index in [0.717, 1.165) is 29.6 Å². The van der Waals surface area contributed by atoms with Crippen LogP contribution < -0.4 is 5.32 Å². The first kappa shape index (κ1) is 11.4. The summed E-state index contributed by atoms with van der Waals surface area (Å²) < 4.78 is 5.36. The van der Waals surface area contributed by atoms with Crippen LogP contribution in [0, 0.1) is 20.8 Å². The van der Waals surface area contributed by atoms with Crippen molar-refractivity contribution in [1.29, 1.82) is 0 Å². The maximum atomic E-state index is 5.36. The van der Waals surface area contributed by atoms with Crippen molar-refractivity contribution in [2.75, 3.05) is 0 Å². The fraction of sp³-hybridized carbons (Fsp3) is 0.417. The highest BCUT2D eigenvalue weighted by atomic mass is 32.1. The Morgan fingerprint density at radius 1 is 1.31 bits per heavy atom. The smallest absolute Gasteiger partial charge is 0.120 e. The van der Waals surface area contributed by atoms with Crippen LogP contribution in [0.15, 0.2) is 16.7 Å². The molecule has 0 bridgehead atoms. The molecule has 0 aliphatic carbocycles. The molecule has 16 heavy (non-hydrogen) atoms. The van der Waals surface area contributed by atoms with Crippen molar-refractivity contribution in [2.45, 2.75) is 33.9 Å². The molecule has 0 unspecified atom stereocenters. The number of hydrogen-bond donors (Lipinski definition) is 1. The molecule has 4 heteroatoms. The molecule has 0 saturated heterocycles. The Morgan fingerprint density at radius 2 is 2.12 bits per heavy atom. The Hall–Kier alpha value is -1.13. The molecule has 0 radical (unpaired) electrons. The van der Waals surface area contributed by atoms with E-state index in [-0.39, 0.29) is 0 Å². The van der Waals surface area contributed by atoms with E-state index in [1.807, 2.05) is 13.0 Å². The van der Waals surface area contributed by atoms with Crippen molar-refractivity contribution in [2.24, 2.45) is 0 Å². The van der Waals surface area contributed by atoms with Crippen molar-refractivity contribution in [1.82, 2.24) is 10.3 Å². The van der Waals surface area contributed by atoms with E-state index < -0.39 is 0 Å². The zero-order valence-corrected chi connectivity index (χ0v) is 10.6. The van der Waals surface area contributed by atoms with E-state index in [2.05, 4.69) is 24.1 Å². The molecule has 2 rings (SSSR count). The summed E-state index contributed by atoms with van der Waals surface area (Å²) in [5, 5.41) is 4.48. The molecule has 1 N–H and O–H groups in total. The molecular weight excluding hydrogens is 220 g/mol. The zero-order valence-electron chi connectivity index (χ0n) is 9.83. The maximum Gasteiger partial charge on any atom is 0.120 e. The maximum absolute atomic E-state index is 5.36. The largest absolute Gasteiger partial charge is 0.468 e. The van der Waals surface area contributed by atoms with Gasteiger partial charge in [-0.2, -0.15) is 0 Å². The van der Waals surface area contributed by atoms with Crippen LogP contribution in [-0.4, -0.2) is 4.98 Å². The van der Waals surface area contributed by atoms with Crippen molar-refractivity contribution in [3.8, 4) is 0 Å². The fourth-order valence-corrected chi connectivity index (χ4v) is 2.45. The zero-order chi connectivity index (χ0) is 11.5. The SMILES string of the molecule is Cc1nc(CNCc2occc2C)c(C)s1. The van der Waals surface area contributed by atoms with Gasteiger partial charge < -0.3 is 9.73 Å². The third kappa shape index (κ3) is 2.51. The van der Waals surface area contributed by atoms with Crippen molar-refractivity contribution >= 4 is 11.3 Å².